The van der Waals surface area contributed by atoms with Crippen LogP contribution >= 0.6 is 0 Å². The fraction of sp³-hybridized carbons (Fsp3) is 0.421. The zero-order chi connectivity index (χ0) is 17.6. The third kappa shape index (κ3) is 4.18. The van der Waals surface area contributed by atoms with E-state index in [9.17, 15) is 5.26 Å². The average Bonchev–Trinajstić information content (AvgIpc) is 3.28. The molecule has 0 saturated heterocycles. The molecular weight excluding hydrogens is 314 g/mol. The first kappa shape index (κ1) is 17.0. The SMILES string of the molecule is CN=C(NCc1coc(-c2ccc(C)cc2)n1)NC1CCCC1C#N. The van der Waals surface area contributed by atoms with Crippen molar-refractivity contribution < 1.29 is 4.42 Å². The van der Waals surface area contributed by atoms with Gasteiger partial charge < -0.3 is 15.1 Å². The second-order valence-corrected chi connectivity index (χ2v) is 6.35. The second kappa shape index (κ2) is 7.84. The topological polar surface area (TPSA) is 86.2 Å². The molecule has 1 aromatic heterocycles. The smallest absolute Gasteiger partial charge is 0.226 e. The van der Waals surface area contributed by atoms with Gasteiger partial charge in [-0.1, -0.05) is 17.7 Å². The lowest BCUT2D eigenvalue weighted by Gasteiger charge is -2.18. The van der Waals surface area contributed by atoms with Crippen molar-refractivity contribution in [2.45, 2.75) is 38.8 Å². The fourth-order valence-electron chi connectivity index (χ4n) is 3.05. The Morgan fingerprint density at radius 1 is 1.36 bits per heavy atom. The number of hydrogen-bond donors (Lipinski definition) is 2. The molecule has 1 aromatic carbocycles. The third-order valence-corrected chi connectivity index (χ3v) is 4.51. The highest BCUT2D eigenvalue weighted by atomic mass is 16.3. The number of aliphatic imine (C=N–C) groups is 1. The van der Waals surface area contributed by atoms with Gasteiger partial charge in [0, 0.05) is 18.7 Å². The molecule has 2 aromatic rings. The lowest BCUT2D eigenvalue weighted by molar-refractivity contribution is 0.532. The van der Waals surface area contributed by atoms with Gasteiger partial charge in [0.25, 0.3) is 0 Å². The van der Waals surface area contributed by atoms with E-state index in [-0.39, 0.29) is 12.0 Å². The quantitative estimate of drug-likeness (QED) is 0.661. The van der Waals surface area contributed by atoms with E-state index in [4.69, 9.17) is 4.42 Å². The fourth-order valence-corrected chi connectivity index (χ4v) is 3.05. The first-order valence-corrected chi connectivity index (χ1v) is 8.58. The van der Waals surface area contributed by atoms with E-state index in [0.717, 1.165) is 30.5 Å². The van der Waals surface area contributed by atoms with Gasteiger partial charge in [0.2, 0.25) is 5.89 Å². The molecule has 3 rings (SSSR count). The molecule has 2 unspecified atom stereocenters. The molecule has 0 amide bonds. The largest absolute Gasteiger partial charge is 0.444 e. The number of rotatable bonds is 4. The van der Waals surface area contributed by atoms with E-state index < -0.39 is 0 Å². The Morgan fingerprint density at radius 3 is 2.88 bits per heavy atom. The Hall–Kier alpha value is -2.81. The number of nitrogens with one attached hydrogen (secondary N) is 2. The van der Waals surface area contributed by atoms with E-state index in [1.165, 1.54) is 5.56 Å². The van der Waals surface area contributed by atoms with Gasteiger partial charge in [-0.2, -0.15) is 5.26 Å². The molecular formula is C19H23N5O. The molecule has 1 fully saturated rings. The molecule has 6 heteroatoms. The highest BCUT2D eigenvalue weighted by Crippen LogP contribution is 2.24. The minimum Gasteiger partial charge on any atom is -0.444 e. The average molecular weight is 337 g/mol. The van der Waals surface area contributed by atoms with Crippen molar-refractivity contribution >= 4 is 5.96 Å². The summed E-state index contributed by atoms with van der Waals surface area (Å²) in [4.78, 5) is 8.75. The Kier molecular flexibility index (Phi) is 5.34. The van der Waals surface area contributed by atoms with Gasteiger partial charge in [0.15, 0.2) is 5.96 Å². The van der Waals surface area contributed by atoms with Crippen LogP contribution in [0.15, 0.2) is 39.9 Å². The third-order valence-electron chi connectivity index (χ3n) is 4.51. The Morgan fingerprint density at radius 2 is 2.16 bits per heavy atom. The first-order valence-electron chi connectivity index (χ1n) is 8.58. The molecule has 1 heterocycles. The van der Waals surface area contributed by atoms with Crippen LogP contribution in [0.4, 0.5) is 0 Å². The zero-order valence-corrected chi connectivity index (χ0v) is 14.6. The minimum atomic E-state index is 0.0544. The Labute approximate surface area is 148 Å². The van der Waals surface area contributed by atoms with Gasteiger partial charge in [-0.15, -0.1) is 0 Å². The van der Waals surface area contributed by atoms with E-state index in [0.29, 0.717) is 18.4 Å². The number of hydrogen-bond acceptors (Lipinski definition) is 4. The summed E-state index contributed by atoms with van der Waals surface area (Å²) in [6.45, 7) is 2.56. The van der Waals surface area contributed by atoms with Gasteiger partial charge >= 0.3 is 0 Å². The maximum absolute atomic E-state index is 9.19. The minimum absolute atomic E-state index is 0.0544. The Bertz CT molecular complexity index is 772. The van der Waals surface area contributed by atoms with Crippen LogP contribution in [0.2, 0.25) is 0 Å². The van der Waals surface area contributed by atoms with Gasteiger partial charge in [-0.3, -0.25) is 4.99 Å². The van der Waals surface area contributed by atoms with Crippen LogP contribution in [-0.4, -0.2) is 24.0 Å². The Balaban J connectivity index is 1.57. The molecule has 1 aliphatic rings. The molecule has 1 aliphatic carbocycles. The standard InChI is InChI=1S/C19H23N5O/c1-13-6-8-14(9-7-13)18-23-16(12-25-18)11-22-19(21-2)24-17-5-3-4-15(17)10-20/h6-9,12,15,17H,3-5,11H2,1-2H3,(H2,21,22,24). The molecule has 1 saturated carbocycles. The van der Waals surface area contributed by atoms with Crippen molar-refractivity contribution in [2.24, 2.45) is 10.9 Å². The maximum Gasteiger partial charge on any atom is 0.226 e. The number of aryl methyl sites for hydroxylation is 1. The van der Waals surface area contributed by atoms with Gasteiger partial charge in [0.05, 0.1) is 24.2 Å². The molecule has 2 N–H and O–H groups in total. The predicted octanol–water partition coefficient (Wildman–Crippen LogP) is 3.01. The van der Waals surface area contributed by atoms with Crippen molar-refractivity contribution in [2.75, 3.05) is 7.05 Å². The van der Waals surface area contributed by atoms with Crippen molar-refractivity contribution in [1.29, 1.82) is 5.26 Å². The summed E-state index contributed by atoms with van der Waals surface area (Å²) in [6.07, 6.45) is 4.69. The summed E-state index contributed by atoms with van der Waals surface area (Å²) < 4.78 is 5.57. The van der Waals surface area contributed by atoms with Crippen LogP contribution in [0.1, 0.15) is 30.5 Å². The number of nitrogens with zero attached hydrogens (tertiary/aromatic N) is 3. The maximum atomic E-state index is 9.19. The molecule has 0 radical (unpaired) electrons. The zero-order valence-electron chi connectivity index (χ0n) is 14.6. The number of guanidine groups is 1. The molecule has 2 atom stereocenters. The first-order chi connectivity index (χ1) is 12.2. The van der Waals surface area contributed by atoms with E-state index in [2.05, 4.69) is 33.6 Å². The van der Waals surface area contributed by atoms with Gasteiger partial charge in [-0.25, -0.2) is 4.98 Å². The van der Waals surface area contributed by atoms with E-state index >= 15 is 0 Å². The van der Waals surface area contributed by atoms with E-state index in [1.54, 1.807) is 13.3 Å². The lowest BCUT2D eigenvalue weighted by Crippen LogP contribution is -2.44. The molecule has 6 nitrogen and oxygen atoms in total. The molecule has 130 valence electrons. The summed E-state index contributed by atoms with van der Waals surface area (Å²) >= 11 is 0. The monoisotopic (exact) mass is 337 g/mol. The molecule has 0 aliphatic heterocycles. The van der Waals surface area contributed by atoms with Crippen molar-refractivity contribution in [3.8, 4) is 17.5 Å². The van der Waals surface area contributed by atoms with Gasteiger partial charge in [-0.05, 0) is 38.3 Å². The van der Waals surface area contributed by atoms with Crippen LogP contribution in [-0.2, 0) is 6.54 Å². The van der Waals surface area contributed by atoms with Crippen LogP contribution in [0.5, 0.6) is 0 Å². The lowest BCUT2D eigenvalue weighted by atomic mass is 10.1. The summed E-state index contributed by atoms with van der Waals surface area (Å²) in [6, 6.07) is 10.6. The van der Waals surface area contributed by atoms with Crippen LogP contribution in [0.25, 0.3) is 11.5 Å². The number of nitriles is 1. The number of oxazole rings is 1. The predicted molar refractivity (Wildman–Crippen MR) is 96.8 cm³/mol. The summed E-state index contributed by atoms with van der Waals surface area (Å²) in [5.74, 6) is 1.35. The van der Waals surface area contributed by atoms with Crippen molar-refractivity contribution in [3.05, 3.63) is 41.8 Å². The number of aromatic nitrogens is 1. The summed E-state index contributed by atoms with van der Waals surface area (Å²) in [5.41, 5.74) is 2.97. The van der Waals surface area contributed by atoms with Gasteiger partial charge in [0.1, 0.15) is 6.26 Å². The molecule has 25 heavy (non-hydrogen) atoms. The molecule has 0 spiro atoms. The van der Waals surface area contributed by atoms with Crippen LogP contribution in [0.3, 0.4) is 0 Å². The highest BCUT2D eigenvalue weighted by Gasteiger charge is 2.27. The highest BCUT2D eigenvalue weighted by molar-refractivity contribution is 5.80. The van der Waals surface area contributed by atoms with Crippen LogP contribution in [0, 0.1) is 24.2 Å². The number of benzene rings is 1. The summed E-state index contributed by atoms with van der Waals surface area (Å²) in [5, 5.41) is 15.8. The second-order valence-electron chi connectivity index (χ2n) is 6.35. The van der Waals surface area contributed by atoms with E-state index in [1.807, 2.05) is 24.3 Å². The normalized spacial score (nSPS) is 20.3. The molecule has 0 bridgehead atoms. The van der Waals surface area contributed by atoms with Crippen molar-refractivity contribution in [1.82, 2.24) is 15.6 Å². The van der Waals surface area contributed by atoms with Crippen LogP contribution < -0.4 is 10.6 Å². The summed E-state index contributed by atoms with van der Waals surface area (Å²) in [7, 11) is 1.73. The van der Waals surface area contributed by atoms with Crippen molar-refractivity contribution in [3.63, 3.8) is 0 Å².